The third kappa shape index (κ3) is 5.05. The average Bonchev–Trinajstić information content (AvgIpc) is 2.86. The van der Waals surface area contributed by atoms with Crippen molar-refractivity contribution in [1.29, 1.82) is 5.26 Å². The molecule has 4 rings (SSSR count). The number of piperazine rings is 1. The van der Waals surface area contributed by atoms with E-state index in [2.05, 4.69) is 59.5 Å². The van der Waals surface area contributed by atoms with Gasteiger partial charge in [0.2, 0.25) is 5.91 Å². The fourth-order valence-corrected chi connectivity index (χ4v) is 4.38. The van der Waals surface area contributed by atoms with Gasteiger partial charge in [-0.2, -0.15) is 5.26 Å². The third-order valence-electron chi connectivity index (χ3n) is 6.08. The monoisotopic (exact) mass is 424 g/mol. The Morgan fingerprint density at radius 1 is 0.844 bits per heavy atom. The number of nitrogens with two attached hydrogens (primary N) is 1. The molecule has 1 unspecified atom stereocenters. The van der Waals surface area contributed by atoms with E-state index in [1.54, 1.807) is 12.1 Å². The Bertz CT molecular complexity index is 1010. The Balaban J connectivity index is 1.40. The minimum atomic E-state index is -0.575. The van der Waals surface area contributed by atoms with E-state index in [9.17, 15) is 4.79 Å². The Hall–Kier alpha value is -3.46. The van der Waals surface area contributed by atoms with Crippen LogP contribution in [0.3, 0.4) is 0 Å². The molecule has 3 aromatic rings. The summed E-state index contributed by atoms with van der Waals surface area (Å²) < 4.78 is 0. The van der Waals surface area contributed by atoms with Crippen LogP contribution in [-0.2, 0) is 11.2 Å². The Kier molecular flexibility index (Phi) is 6.96. The van der Waals surface area contributed by atoms with E-state index >= 15 is 0 Å². The summed E-state index contributed by atoms with van der Waals surface area (Å²) in [5, 5.41) is 8.94. The maximum atomic E-state index is 13.0. The number of carbonyl (C=O) groups is 1. The molecule has 3 aromatic carbocycles. The highest BCUT2D eigenvalue weighted by Gasteiger charge is 2.30. The molecule has 1 fully saturated rings. The lowest BCUT2D eigenvalue weighted by Gasteiger charge is -2.40. The standard InChI is InChI=1S/C27H28N4O/c28-20-22-13-11-21(12-14-22)19-25(29)27(32)31-17-15-30(16-18-31)26(23-7-3-1-4-8-23)24-9-5-2-6-10-24/h1-14,25-26H,15-19,29H2. The summed E-state index contributed by atoms with van der Waals surface area (Å²) in [6, 6.07) is 30.0. The van der Waals surface area contributed by atoms with Gasteiger partial charge in [-0.1, -0.05) is 72.8 Å². The Morgan fingerprint density at radius 3 is 1.88 bits per heavy atom. The molecule has 1 amide bonds. The van der Waals surface area contributed by atoms with Gasteiger partial charge in [-0.25, -0.2) is 0 Å². The van der Waals surface area contributed by atoms with E-state index in [0.29, 0.717) is 25.1 Å². The molecular formula is C27H28N4O. The number of benzene rings is 3. The largest absolute Gasteiger partial charge is 0.339 e. The minimum absolute atomic E-state index is 0.00928. The first-order chi connectivity index (χ1) is 15.7. The van der Waals surface area contributed by atoms with Crippen molar-refractivity contribution in [2.45, 2.75) is 18.5 Å². The van der Waals surface area contributed by atoms with Crippen molar-refractivity contribution < 1.29 is 4.79 Å². The predicted molar refractivity (Wildman–Crippen MR) is 126 cm³/mol. The zero-order valence-electron chi connectivity index (χ0n) is 18.1. The summed E-state index contributed by atoms with van der Waals surface area (Å²) in [5.41, 5.74) is 10.4. The first-order valence-corrected chi connectivity index (χ1v) is 11.0. The van der Waals surface area contributed by atoms with Crippen LogP contribution in [0.1, 0.15) is 28.3 Å². The summed E-state index contributed by atoms with van der Waals surface area (Å²) in [7, 11) is 0. The molecule has 0 aliphatic carbocycles. The summed E-state index contributed by atoms with van der Waals surface area (Å²) in [6.07, 6.45) is 0.474. The van der Waals surface area contributed by atoms with Crippen molar-refractivity contribution in [2.24, 2.45) is 5.73 Å². The molecule has 1 aliphatic heterocycles. The summed E-state index contributed by atoms with van der Waals surface area (Å²) >= 11 is 0. The second-order valence-corrected chi connectivity index (χ2v) is 8.20. The molecule has 5 nitrogen and oxygen atoms in total. The van der Waals surface area contributed by atoms with Crippen molar-refractivity contribution in [3.8, 4) is 6.07 Å². The van der Waals surface area contributed by atoms with Crippen LogP contribution in [0.15, 0.2) is 84.9 Å². The number of nitrogens with zero attached hydrogens (tertiary/aromatic N) is 3. The molecule has 162 valence electrons. The Morgan fingerprint density at radius 2 is 1.38 bits per heavy atom. The molecule has 2 N–H and O–H groups in total. The second-order valence-electron chi connectivity index (χ2n) is 8.20. The predicted octanol–water partition coefficient (Wildman–Crippen LogP) is 3.36. The van der Waals surface area contributed by atoms with Crippen LogP contribution in [0.2, 0.25) is 0 Å². The van der Waals surface area contributed by atoms with Gasteiger partial charge >= 0.3 is 0 Å². The number of rotatable bonds is 6. The van der Waals surface area contributed by atoms with Crippen molar-refractivity contribution in [3.63, 3.8) is 0 Å². The Labute approximate surface area is 189 Å². The van der Waals surface area contributed by atoms with Crippen LogP contribution in [0.4, 0.5) is 0 Å². The van der Waals surface area contributed by atoms with E-state index < -0.39 is 6.04 Å². The first kappa shape index (κ1) is 21.8. The van der Waals surface area contributed by atoms with Crippen LogP contribution in [0.5, 0.6) is 0 Å². The molecule has 0 bridgehead atoms. The van der Waals surface area contributed by atoms with Gasteiger partial charge in [-0.15, -0.1) is 0 Å². The quantitative estimate of drug-likeness (QED) is 0.659. The highest BCUT2D eigenvalue weighted by atomic mass is 16.2. The van der Waals surface area contributed by atoms with Gasteiger partial charge in [-0.3, -0.25) is 9.69 Å². The maximum absolute atomic E-state index is 13.0. The van der Waals surface area contributed by atoms with Crippen LogP contribution in [0.25, 0.3) is 0 Å². The molecule has 0 aromatic heterocycles. The minimum Gasteiger partial charge on any atom is -0.339 e. The molecule has 1 heterocycles. The van der Waals surface area contributed by atoms with Gasteiger partial charge in [-0.05, 0) is 35.2 Å². The second kappa shape index (κ2) is 10.2. The third-order valence-corrected chi connectivity index (χ3v) is 6.08. The number of amides is 1. The molecule has 1 saturated heterocycles. The zero-order valence-corrected chi connectivity index (χ0v) is 18.1. The lowest BCUT2D eigenvalue weighted by molar-refractivity contribution is -0.134. The topological polar surface area (TPSA) is 73.4 Å². The SMILES string of the molecule is N#Cc1ccc(CC(N)C(=O)N2CCN(C(c3ccccc3)c3ccccc3)CC2)cc1. The number of carbonyl (C=O) groups excluding carboxylic acids is 1. The maximum Gasteiger partial charge on any atom is 0.239 e. The summed E-state index contributed by atoms with van der Waals surface area (Å²) in [5.74, 6) is -0.00928. The molecule has 1 atom stereocenters. The van der Waals surface area contributed by atoms with E-state index in [0.717, 1.165) is 18.7 Å². The van der Waals surface area contributed by atoms with Gasteiger partial charge in [0.25, 0.3) is 0 Å². The van der Waals surface area contributed by atoms with E-state index in [-0.39, 0.29) is 11.9 Å². The van der Waals surface area contributed by atoms with Gasteiger partial charge in [0.05, 0.1) is 23.7 Å². The van der Waals surface area contributed by atoms with Gasteiger partial charge in [0.15, 0.2) is 0 Å². The van der Waals surface area contributed by atoms with Crippen molar-refractivity contribution >= 4 is 5.91 Å². The summed E-state index contributed by atoms with van der Waals surface area (Å²) in [6.45, 7) is 2.92. The van der Waals surface area contributed by atoms with E-state index in [1.807, 2.05) is 29.2 Å². The van der Waals surface area contributed by atoms with Crippen LogP contribution in [0, 0.1) is 11.3 Å². The molecule has 0 saturated carbocycles. The molecular weight excluding hydrogens is 396 g/mol. The average molecular weight is 425 g/mol. The van der Waals surface area contributed by atoms with Crippen LogP contribution >= 0.6 is 0 Å². The van der Waals surface area contributed by atoms with Crippen molar-refractivity contribution in [2.75, 3.05) is 26.2 Å². The van der Waals surface area contributed by atoms with Gasteiger partial charge < -0.3 is 10.6 Å². The van der Waals surface area contributed by atoms with Crippen molar-refractivity contribution in [3.05, 3.63) is 107 Å². The van der Waals surface area contributed by atoms with Crippen LogP contribution in [-0.4, -0.2) is 47.9 Å². The molecule has 5 heteroatoms. The van der Waals surface area contributed by atoms with Gasteiger partial charge in [0.1, 0.15) is 0 Å². The lowest BCUT2D eigenvalue weighted by Crippen LogP contribution is -2.54. The molecule has 0 spiro atoms. The fraction of sp³-hybridized carbons (Fsp3) is 0.259. The highest BCUT2D eigenvalue weighted by molar-refractivity contribution is 5.82. The first-order valence-electron chi connectivity index (χ1n) is 11.0. The molecule has 1 aliphatic rings. The smallest absolute Gasteiger partial charge is 0.239 e. The fourth-order valence-electron chi connectivity index (χ4n) is 4.38. The van der Waals surface area contributed by atoms with E-state index in [1.165, 1.54) is 11.1 Å². The van der Waals surface area contributed by atoms with Crippen LogP contribution < -0.4 is 5.73 Å². The lowest BCUT2D eigenvalue weighted by atomic mass is 9.96. The number of hydrogen-bond donors (Lipinski definition) is 1. The zero-order chi connectivity index (χ0) is 22.3. The summed E-state index contributed by atoms with van der Waals surface area (Å²) in [4.78, 5) is 17.3. The number of nitriles is 1. The molecule has 0 radical (unpaired) electrons. The number of hydrogen-bond acceptors (Lipinski definition) is 4. The van der Waals surface area contributed by atoms with Crippen molar-refractivity contribution in [1.82, 2.24) is 9.80 Å². The normalized spacial score (nSPS) is 15.3. The highest BCUT2D eigenvalue weighted by Crippen LogP contribution is 2.29. The van der Waals surface area contributed by atoms with E-state index in [4.69, 9.17) is 11.0 Å². The molecule has 32 heavy (non-hydrogen) atoms. The van der Waals surface area contributed by atoms with Gasteiger partial charge in [0, 0.05) is 26.2 Å².